The Morgan fingerprint density at radius 1 is 1.15 bits per heavy atom. The normalized spacial score (nSPS) is 10.6. The zero-order valence-corrected chi connectivity index (χ0v) is 14.8. The van der Waals surface area contributed by atoms with Crippen molar-refractivity contribution in [3.8, 4) is 0 Å². The van der Waals surface area contributed by atoms with E-state index in [-0.39, 0.29) is 17.9 Å². The molecule has 0 fully saturated rings. The Bertz CT molecular complexity index is 1040. The molecule has 138 valence electrons. The van der Waals surface area contributed by atoms with Crippen LogP contribution in [0.2, 0.25) is 0 Å². The molecular weight excluding hydrogens is 346 g/mol. The van der Waals surface area contributed by atoms with Crippen LogP contribution in [0.1, 0.15) is 29.0 Å². The van der Waals surface area contributed by atoms with Crippen molar-refractivity contribution in [1.29, 1.82) is 0 Å². The summed E-state index contributed by atoms with van der Waals surface area (Å²) in [6, 6.07) is 13.7. The van der Waals surface area contributed by atoms with E-state index in [4.69, 9.17) is 0 Å². The molecule has 0 saturated heterocycles. The number of aromatic amines is 1. The SMILES string of the molecule is COC(=O)c1cccc(NC(=O)CCCc2nc3ccccc3c(=O)[nH]2)c1. The van der Waals surface area contributed by atoms with Crippen LogP contribution in [0.4, 0.5) is 5.69 Å². The fourth-order valence-electron chi connectivity index (χ4n) is 2.73. The van der Waals surface area contributed by atoms with Gasteiger partial charge in [0, 0.05) is 18.5 Å². The van der Waals surface area contributed by atoms with Gasteiger partial charge in [-0.25, -0.2) is 9.78 Å². The van der Waals surface area contributed by atoms with Gasteiger partial charge in [0.15, 0.2) is 0 Å². The molecule has 2 aromatic carbocycles. The second-order valence-electron chi connectivity index (χ2n) is 6.00. The van der Waals surface area contributed by atoms with Gasteiger partial charge in [-0.1, -0.05) is 18.2 Å². The van der Waals surface area contributed by atoms with Gasteiger partial charge in [-0.3, -0.25) is 9.59 Å². The second-order valence-corrected chi connectivity index (χ2v) is 6.00. The summed E-state index contributed by atoms with van der Waals surface area (Å²) in [6.45, 7) is 0. The van der Waals surface area contributed by atoms with Gasteiger partial charge in [0.25, 0.3) is 5.56 Å². The number of amides is 1. The zero-order chi connectivity index (χ0) is 19.2. The topological polar surface area (TPSA) is 101 Å². The molecular formula is C20H19N3O4. The Kier molecular flexibility index (Phi) is 5.61. The average molecular weight is 365 g/mol. The van der Waals surface area contributed by atoms with Crippen LogP contribution in [0.3, 0.4) is 0 Å². The van der Waals surface area contributed by atoms with Gasteiger partial charge in [0.2, 0.25) is 5.91 Å². The molecule has 3 rings (SSSR count). The summed E-state index contributed by atoms with van der Waals surface area (Å²) < 4.78 is 4.66. The number of esters is 1. The number of methoxy groups -OCH3 is 1. The fourth-order valence-corrected chi connectivity index (χ4v) is 2.73. The maximum atomic E-state index is 12.1. The molecule has 27 heavy (non-hydrogen) atoms. The van der Waals surface area contributed by atoms with Gasteiger partial charge in [-0.05, 0) is 36.8 Å². The van der Waals surface area contributed by atoms with E-state index in [1.807, 2.05) is 6.07 Å². The highest BCUT2D eigenvalue weighted by Crippen LogP contribution is 2.13. The molecule has 1 aromatic heterocycles. The summed E-state index contributed by atoms with van der Waals surface area (Å²) in [4.78, 5) is 42.8. The van der Waals surface area contributed by atoms with Crippen molar-refractivity contribution in [2.24, 2.45) is 0 Å². The second kappa shape index (κ2) is 8.27. The lowest BCUT2D eigenvalue weighted by Gasteiger charge is -2.07. The van der Waals surface area contributed by atoms with Crippen LogP contribution in [0.15, 0.2) is 53.3 Å². The molecule has 2 N–H and O–H groups in total. The van der Waals surface area contributed by atoms with Crippen molar-refractivity contribution in [3.05, 3.63) is 70.3 Å². The largest absolute Gasteiger partial charge is 0.465 e. The van der Waals surface area contributed by atoms with E-state index >= 15 is 0 Å². The summed E-state index contributed by atoms with van der Waals surface area (Å²) in [6.07, 6.45) is 1.28. The predicted molar refractivity (Wildman–Crippen MR) is 102 cm³/mol. The number of carbonyl (C=O) groups excluding carboxylic acids is 2. The fraction of sp³-hybridized carbons (Fsp3) is 0.200. The molecule has 7 nitrogen and oxygen atoms in total. The number of ether oxygens (including phenoxy) is 1. The molecule has 0 aliphatic heterocycles. The zero-order valence-electron chi connectivity index (χ0n) is 14.8. The molecule has 0 radical (unpaired) electrons. The van der Waals surface area contributed by atoms with Gasteiger partial charge < -0.3 is 15.0 Å². The third kappa shape index (κ3) is 4.58. The quantitative estimate of drug-likeness (QED) is 0.654. The van der Waals surface area contributed by atoms with E-state index in [2.05, 4.69) is 20.0 Å². The minimum atomic E-state index is -0.461. The summed E-state index contributed by atoms with van der Waals surface area (Å²) in [5.41, 5.74) is 1.35. The highest BCUT2D eigenvalue weighted by atomic mass is 16.5. The lowest BCUT2D eigenvalue weighted by Crippen LogP contribution is -2.14. The number of carbonyl (C=O) groups is 2. The summed E-state index contributed by atoms with van der Waals surface area (Å²) in [7, 11) is 1.30. The number of anilines is 1. The number of benzene rings is 2. The maximum Gasteiger partial charge on any atom is 0.337 e. The molecule has 0 unspecified atom stereocenters. The van der Waals surface area contributed by atoms with Crippen LogP contribution in [-0.2, 0) is 16.0 Å². The van der Waals surface area contributed by atoms with E-state index in [9.17, 15) is 14.4 Å². The third-order valence-corrected chi connectivity index (χ3v) is 4.05. The first-order chi connectivity index (χ1) is 13.1. The Hall–Kier alpha value is -3.48. The van der Waals surface area contributed by atoms with Crippen LogP contribution in [0.25, 0.3) is 10.9 Å². The number of hydrogen-bond donors (Lipinski definition) is 2. The van der Waals surface area contributed by atoms with Crippen molar-refractivity contribution in [3.63, 3.8) is 0 Å². The van der Waals surface area contributed by atoms with Crippen LogP contribution in [0, 0.1) is 0 Å². The van der Waals surface area contributed by atoms with E-state index in [1.54, 1.807) is 42.5 Å². The number of aryl methyl sites for hydroxylation is 1. The lowest BCUT2D eigenvalue weighted by molar-refractivity contribution is -0.116. The lowest BCUT2D eigenvalue weighted by atomic mass is 10.2. The Morgan fingerprint density at radius 2 is 1.96 bits per heavy atom. The summed E-state index contributed by atoms with van der Waals surface area (Å²) in [5.74, 6) is -0.0863. The van der Waals surface area contributed by atoms with Crippen LogP contribution in [-0.4, -0.2) is 29.0 Å². The number of aromatic nitrogens is 2. The number of nitrogens with zero attached hydrogens (tertiary/aromatic N) is 1. The van der Waals surface area contributed by atoms with Crippen LogP contribution in [0.5, 0.6) is 0 Å². The average Bonchev–Trinajstić information content (AvgIpc) is 2.67. The predicted octanol–water partition coefficient (Wildman–Crippen LogP) is 2.67. The van der Waals surface area contributed by atoms with Gasteiger partial charge in [0.05, 0.1) is 23.6 Å². The van der Waals surface area contributed by atoms with Crippen molar-refractivity contribution in [2.45, 2.75) is 19.3 Å². The minimum Gasteiger partial charge on any atom is -0.465 e. The summed E-state index contributed by atoms with van der Waals surface area (Å²) >= 11 is 0. The van der Waals surface area contributed by atoms with Gasteiger partial charge in [-0.15, -0.1) is 0 Å². The third-order valence-electron chi connectivity index (χ3n) is 4.05. The maximum absolute atomic E-state index is 12.1. The van der Waals surface area contributed by atoms with Crippen LogP contribution >= 0.6 is 0 Å². The highest BCUT2D eigenvalue weighted by molar-refractivity contribution is 5.94. The van der Waals surface area contributed by atoms with Crippen molar-refractivity contribution in [2.75, 3.05) is 12.4 Å². The first-order valence-electron chi connectivity index (χ1n) is 8.53. The first-order valence-corrected chi connectivity index (χ1v) is 8.53. The standard InChI is InChI=1S/C20H19N3O4/c1-27-20(26)13-6-4-7-14(12-13)21-18(24)11-5-10-17-22-16-9-3-2-8-15(16)19(25)23-17/h2-4,6-9,12H,5,10-11H2,1H3,(H,21,24)(H,22,23,25). The van der Waals surface area contributed by atoms with Gasteiger partial charge in [0.1, 0.15) is 5.82 Å². The molecule has 7 heteroatoms. The highest BCUT2D eigenvalue weighted by Gasteiger charge is 2.09. The minimum absolute atomic E-state index is 0.180. The van der Waals surface area contributed by atoms with E-state index < -0.39 is 5.97 Å². The smallest absolute Gasteiger partial charge is 0.337 e. The molecule has 0 bridgehead atoms. The molecule has 1 heterocycles. The molecule has 0 atom stereocenters. The Labute approximate surface area is 155 Å². The van der Waals surface area contributed by atoms with E-state index in [0.29, 0.717) is 40.8 Å². The number of H-pyrrole nitrogens is 1. The van der Waals surface area contributed by atoms with E-state index in [0.717, 1.165) is 0 Å². The number of nitrogens with one attached hydrogen (secondary N) is 2. The molecule has 1 amide bonds. The molecule has 0 aliphatic rings. The Morgan fingerprint density at radius 3 is 2.78 bits per heavy atom. The number of hydrogen-bond acceptors (Lipinski definition) is 5. The molecule has 0 spiro atoms. The van der Waals surface area contributed by atoms with Crippen molar-refractivity contribution in [1.82, 2.24) is 9.97 Å². The van der Waals surface area contributed by atoms with Crippen LogP contribution < -0.4 is 10.9 Å². The number of para-hydroxylation sites is 1. The molecule has 3 aromatic rings. The van der Waals surface area contributed by atoms with Gasteiger partial charge in [-0.2, -0.15) is 0 Å². The van der Waals surface area contributed by atoms with E-state index in [1.165, 1.54) is 7.11 Å². The van der Waals surface area contributed by atoms with Crippen molar-refractivity contribution < 1.29 is 14.3 Å². The van der Waals surface area contributed by atoms with Gasteiger partial charge >= 0.3 is 5.97 Å². The van der Waals surface area contributed by atoms with Crippen molar-refractivity contribution >= 4 is 28.5 Å². The summed E-state index contributed by atoms with van der Waals surface area (Å²) in [5, 5.41) is 3.30. The number of rotatable bonds is 6. The first kappa shape index (κ1) is 18.3. The number of fused-ring (bicyclic) bond motifs is 1. The Balaban J connectivity index is 1.57. The molecule has 0 saturated carbocycles. The molecule has 0 aliphatic carbocycles. The monoisotopic (exact) mass is 365 g/mol.